The van der Waals surface area contributed by atoms with Gasteiger partial charge in [-0.2, -0.15) is 0 Å². The van der Waals surface area contributed by atoms with E-state index in [1.54, 1.807) is 0 Å². The van der Waals surface area contributed by atoms with Crippen molar-refractivity contribution in [2.75, 3.05) is 26.4 Å². The number of unbranched alkanes of at least 4 members (excludes halogenated alkanes) is 36. The van der Waals surface area contributed by atoms with E-state index in [-0.39, 0.29) is 18.9 Å². The Morgan fingerprint density at radius 3 is 1.05 bits per heavy atom. The van der Waals surface area contributed by atoms with Gasteiger partial charge < -0.3 is 89.9 Å². The summed E-state index contributed by atoms with van der Waals surface area (Å²) in [5, 5.41) is 121. The lowest BCUT2D eigenvalue weighted by Crippen LogP contribution is -2.66. The van der Waals surface area contributed by atoms with E-state index < -0.39 is 124 Å². The number of carbonyl (C=O) groups excluding carboxylic acids is 1. The normalized spacial score (nSPS) is 29.3. The van der Waals surface area contributed by atoms with E-state index >= 15 is 0 Å². The number of aliphatic hydroxyl groups excluding tert-OH is 11. The van der Waals surface area contributed by atoms with Gasteiger partial charge in [-0.25, -0.2) is 0 Å². The Balaban J connectivity index is 1.45. The largest absolute Gasteiger partial charge is 0.394 e. The number of amides is 1. The van der Waals surface area contributed by atoms with Crippen LogP contribution in [-0.4, -0.2) is 193 Å². The number of hydrogen-bond donors (Lipinski definition) is 12. The molecule has 3 saturated heterocycles. The van der Waals surface area contributed by atoms with Crippen molar-refractivity contribution in [3.05, 3.63) is 0 Å². The van der Waals surface area contributed by atoms with Crippen LogP contribution in [0.3, 0.4) is 0 Å². The summed E-state index contributed by atoms with van der Waals surface area (Å²) < 4.78 is 34.4. The molecule has 0 aromatic carbocycles. The molecular weight excluding hydrogens is 1070 g/mol. The zero-order valence-corrected chi connectivity index (χ0v) is 51.7. The van der Waals surface area contributed by atoms with Crippen LogP contribution in [0.5, 0.6) is 0 Å². The Kier molecular flexibility index (Phi) is 43.7. The monoisotopic (exact) mass is 1190 g/mol. The molecule has 0 saturated carbocycles. The maximum absolute atomic E-state index is 13.4. The van der Waals surface area contributed by atoms with E-state index in [1.807, 2.05) is 0 Å². The number of ether oxygens (including phenoxy) is 6. The maximum atomic E-state index is 13.4. The molecule has 3 aliphatic rings. The fraction of sp³-hybridized carbons (Fsp3) is 0.984. The van der Waals surface area contributed by atoms with Crippen LogP contribution >= 0.6 is 0 Å². The van der Waals surface area contributed by atoms with Gasteiger partial charge in [0.2, 0.25) is 5.91 Å². The Morgan fingerprint density at radius 1 is 0.386 bits per heavy atom. The summed E-state index contributed by atoms with van der Waals surface area (Å²) >= 11 is 0. The van der Waals surface area contributed by atoms with E-state index in [9.17, 15) is 61.0 Å². The van der Waals surface area contributed by atoms with Crippen LogP contribution in [0.15, 0.2) is 0 Å². The lowest BCUT2D eigenvalue weighted by Gasteiger charge is -2.48. The summed E-state index contributed by atoms with van der Waals surface area (Å²) in [6.07, 6.45) is 21.7. The molecule has 0 spiro atoms. The zero-order valence-electron chi connectivity index (χ0n) is 51.7. The van der Waals surface area contributed by atoms with E-state index in [4.69, 9.17) is 28.4 Å². The van der Waals surface area contributed by atoms with Gasteiger partial charge in [-0.3, -0.25) is 4.79 Å². The van der Waals surface area contributed by atoms with Gasteiger partial charge in [-0.15, -0.1) is 0 Å². The molecule has 3 heterocycles. The summed E-state index contributed by atoms with van der Waals surface area (Å²) in [6.45, 7) is 1.84. The SMILES string of the molecule is CCCCCCCCCCCCCCCCCCCCCC(=O)NC(COC1OC(CO)C(OC2OC(CO)C(OC3OC(CO)C(O)C(O)C3O)C(O)C2O)C(O)C1O)C(O)CCCCCCCCCCCCCCCCCCCCC. The second kappa shape index (κ2) is 47.7. The van der Waals surface area contributed by atoms with Gasteiger partial charge in [0.1, 0.15) is 73.2 Å². The molecule has 0 aromatic rings. The first kappa shape index (κ1) is 76.0. The van der Waals surface area contributed by atoms with Gasteiger partial charge in [-0.1, -0.05) is 251 Å². The van der Waals surface area contributed by atoms with Crippen LogP contribution in [-0.2, 0) is 33.2 Å². The second-order valence-corrected chi connectivity index (χ2v) is 24.7. The van der Waals surface area contributed by atoms with E-state index in [0.29, 0.717) is 12.8 Å². The fourth-order valence-corrected chi connectivity index (χ4v) is 11.9. The number of hydrogen-bond acceptors (Lipinski definition) is 18. The van der Waals surface area contributed by atoms with Gasteiger partial charge >= 0.3 is 0 Å². The molecule has 17 atom stereocenters. The van der Waals surface area contributed by atoms with Crippen molar-refractivity contribution in [1.82, 2.24) is 5.32 Å². The topological polar surface area (TPSA) is 307 Å². The first-order chi connectivity index (χ1) is 40.3. The van der Waals surface area contributed by atoms with Gasteiger partial charge in [0.15, 0.2) is 18.9 Å². The van der Waals surface area contributed by atoms with E-state index in [0.717, 1.165) is 44.9 Å². The minimum atomic E-state index is -1.97. The highest BCUT2D eigenvalue weighted by Gasteiger charge is 2.53. The first-order valence-corrected chi connectivity index (χ1v) is 33.8. The summed E-state index contributed by atoms with van der Waals surface area (Å²) in [6, 6.07) is -0.881. The van der Waals surface area contributed by atoms with Crippen molar-refractivity contribution in [2.45, 2.75) is 375 Å². The predicted molar refractivity (Wildman–Crippen MR) is 319 cm³/mol. The number of carbonyl (C=O) groups is 1. The molecule has 12 N–H and O–H groups in total. The molecular formula is C64H123NO18. The molecule has 3 rings (SSSR count). The van der Waals surface area contributed by atoms with Crippen LogP contribution in [0.1, 0.15) is 271 Å². The van der Waals surface area contributed by atoms with Gasteiger partial charge in [0.25, 0.3) is 0 Å². The quantitative estimate of drug-likeness (QED) is 0.0257. The van der Waals surface area contributed by atoms with Crippen molar-refractivity contribution in [2.24, 2.45) is 0 Å². The molecule has 0 radical (unpaired) electrons. The Morgan fingerprint density at radius 2 is 0.687 bits per heavy atom. The smallest absolute Gasteiger partial charge is 0.220 e. The second-order valence-electron chi connectivity index (χ2n) is 24.7. The number of aliphatic hydroxyl groups is 11. The Labute approximate surface area is 500 Å². The minimum Gasteiger partial charge on any atom is -0.394 e. The molecule has 19 nitrogen and oxygen atoms in total. The van der Waals surface area contributed by atoms with Crippen molar-refractivity contribution in [3.63, 3.8) is 0 Å². The van der Waals surface area contributed by atoms with Gasteiger partial charge in [0, 0.05) is 6.42 Å². The van der Waals surface area contributed by atoms with Crippen LogP contribution in [0.2, 0.25) is 0 Å². The summed E-state index contributed by atoms with van der Waals surface area (Å²) in [7, 11) is 0. The lowest BCUT2D eigenvalue weighted by atomic mass is 9.96. The molecule has 492 valence electrons. The molecule has 0 bridgehead atoms. The highest BCUT2D eigenvalue weighted by atomic mass is 16.8. The zero-order chi connectivity index (χ0) is 60.5. The number of nitrogens with one attached hydrogen (secondary N) is 1. The van der Waals surface area contributed by atoms with Crippen molar-refractivity contribution in [1.29, 1.82) is 0 Å². The van der Waals surface area contributed by atoms with E-state index in [1.165, 1.54) is 193 Å². The molecule has 0 aromatic heterocycles. The third-order valence-corrected chi connectivity index (χ3v) is 17.4. The Bertz CT molecular complexity index is 1520. The molecule has 0 aliphatic carbocycles. The third kappa shape index (κ3) is 30.7. The van der Waals surface area contributed by atoms with Gasteiger partial charge in [0.05, 0.1) is 38.6 Å². The summed E-state index contributed by atoms with van der Waals surface area (Å²) in [5.41, 5.74) is 0. The molecule has 3 aliphatic heterocycles. The average molecular weight is 1190 g/mol. The van der Waals surface area contributed by atoms with Crippen LogP contribution in [0.25, 0.3) is 0 Å². The average Bonchev–Trinajstić information content (AvgIpc) is 3.43. The minimum absolute atomic E-state index is 0.236. The van der Waals surface area contributed by atoms with Crippen LogP contribution in [0.4, 0.5) is 0 Å². The van der Waals surface area contributed by atoms with Crippen molar-refractivity contribution >= 4 is 5.91 Å². The third-order valence-electron chi connectivity index (χ3n) is 17.4. The molecule has 19 heteroatoms. The molecule has 83 heavy (non-hydrogen) atoms. The fourth-order valence-electron chi connectivity index (χ4n) is 11.9. The molecule has 17 unspecified atom stereocenters. The highest BCUT2D eigenvalue weighted by Crippen LogP contribution is 2.33. The number of rotatable bonds is 52. The van der Waals surface area contributed by atoms with Crippen molar-refractivity contribution < 1.29 is 89.4 Å². The maximum Gasteiger partial charge on any atom is 0.220 e. The highest BCUT2D eigenvalue weighted by molar-refractivity contribution is 5.76. The molecule has 1 amide bonds. The van der Waals surface area contributed by atoms with Crippen LogP contribution < -0.4 is 5.32 Å². The van der Waals surface area contributed by atoms with Gasteiger partial charge in [-0.05, 0) is 12.8 Å². The first-order valence-electron chi connectivity index (χ1n) is 33.8. The predicted octanol–water partition coefficient (Wildman–Crippen LogP) is 7.94. The standard InChI is InChI=1S/C64H123NO18/c1-3-5-7-9-11-13-15-17-19-21-23-25-27-29-31-33-35-37-39-41-48(69)47(65-52(70)42-40-38-36-34-32-30-28-26-24-22-20-18-16-14-12-10-8-6-4-2)46-78-62-58(76)55(73)60(50(44-67)80-62)83-64-59(77)56(74)61(51(45-68)81-64)82-63-57(75)54(72)53(71)49(43-66)79-63/h47-51,53-64,66-69,71-77H,3-46H2,1-2H3,(H,65,70). The van der Waals surface area contributed by atoms with Crippen LogP contribution in [0, 0.1) is 0 Å². The summed E-state index contributed by atoms with van der Waals surface area (Å²) in [4.78, 5) is 13.4. The summed E-state index contributed by atoms with van der Waals surface area (Å²) in [5.74, 6) is -0.236. The molecule has 3 fully saturated rings. The van der Waals surface area contributed by atoms with Crippen molar-refractivity contribution in [3.8, 4) is 0 Å². The lowest BCUT2D eigenvalue weighted by molar-refractivity contribution is -0.379. The Hall–Kier alpha value is -1.21. The van der Waals surface area contributed by atoms with E-state index in [2.05, 4.69) is 19.2 Å².